The van der Waals surface area contributed by atoms with Gasteiger partial charge in [-0.15, -0.1) is 0 Å². The van der Waals surface area contributed by atoms with E-state index >= 15 is 0 Å². The van der Waals surface area contributed by atoms with E-state index in [-0.39, 0.29) is 30.8 Å². The minimum Gasteiger partial charge on any atom is -0.478 e. The fraction of sp³-hybridized carbons (Fsp3) is 0.560. The van der Waals surface area contributed by atoms with Gasteiger partial charge in [0, 0.05) is 18.7 Å². The third-order valence-corrected chi connectivity index (χ3v) is 5.79. The van der Waals surface area contributed by atoms with E-state index < -0.39 is 36.2 Å². The molecule has 2 heterocycles. The fourth-order valence-electron chi connectivity index (χ4n) is 3.87. The van der Waals surface area contributed by atoms with Crippen molar-refractivity contribution >= 4 is 12.0 Å². The maximum atomic E-state index is 12.1. The van der Waals surface area contributed by atoms with Crippen molar-refractivity contribution in [1.82, 2.24) is 0 Å². The highest BCUT2D eigenvalue weighted by Crippen LogP contribution is 2.43. The average molecular weight is 495 g/mol. The van der Waals surface area contributed by atoms with Crippen LogP contribution in [0.25, 0.3) is 6.08 Å². The number of rotatable bonds is 11. The van der Waals surface area contributed by atoms with Gasteiger partial charge in [0.25, 0.3) is 0 Å². The lowest BCUT2D eigenvalue weighted by atomic mass is 9.99. The average Bonchev–Trinajstić information content (AvgIpc) is 3.38. The molecule has 0 aliphatic carbocycles. The standard InChI is InChI=1S/C25H34O10/c1-14(15(2)26)9-10-17(27)23-18(34-25(3,4)35-23)8-6-7-16-21(24(28)29)19(31-12-30-5)11-20-22(16)33-13-32-20/h6-7,9-11,14-15,17-18,23,26-27H,8,12-13H2,1-5H3,(H,28,29)/b7-6+,10-9-/t14-,15-,17?,18+,23+/m0/s1. The number of carbonyl (C=O) groups is 1. The summed E-state index contributed by atoms with van der Waals surface area (Å²) in [7, 11) is 1.43. The molecule has 1 unspecified atom stereocenters. The first-order valence-electron chi connectivity index (χ1n) is 11.4. The van der Waals surface area contributed by atoms with Gasteiger partial charge in [-0.2, -0.15) is 0 Å². The van der Waals surface area contributed by atoms with Crippen LogP contribution in [0.2, 0.25) is 0 Å². The molecule has 3 rings (SSSR count). The number of aliphatic hydroxyl groups is 2. The van der Waals surface area contributed by atoms with Crippen molar-refractivity contribution in [3.8, 4) is 17.2 Å². The fourth-order valence-corrected chi connectivity index (χ4v) is 3.87. The van der Waals surface area contributed by atoms with Crippen LogP contribution in [0.3, 0.4) is 0 Å². The number of fused-ring (bicyclic) bond motifs is 1. The van der Waals surface area contributed by atoms with Crippen molar-refractivity contribution in [2.24, 2.45) is 5.92 Å². The SMILES string of the molecule is COCOc1cc2c(c(/C=C/C[C@H]3OC(C)(C)O[C@@H]3C(O)/C=C\[C@H](C)[C@H](C)O)c1C(=O)O)OCO2. The van der Waals surface area contributed by atoms with Crippen molar-refractivity contribution in [2.75, 3.05) is 20.7 Å². The molecular formula is C25H34O10. The van der Waals surface area contributed by atoms with Crippen molar-refractivity contribution in [2.45, 2.75) is 64.3 Å². The van der Waals surface area contributed by atoms with Gasteiger partial charge >= 0.3 is 5.97 Å². The van der Waals surface area contributed by atoms with Crippen LogP contribution in [-0.2, 0) is 14.2 Å². The molecule has 5 atom stereocenters. The molecule has 10 heteroatoms. The summed E-state index contributed by atoms with van der Waals surface area (Å²) >= 11 is 0. The highest BCUT2D eigenvalue weighted by atomic mass is 16.8. The topological polar surface area (TPSA) is 133 Å². The number of benzene rings is 1. The van der Waals surface area contributed by atoms with Gasteiger partial charge in [0.1, 0.15) is 23.5 Å². The Morgan fingerprint density at radius 3 is 2.63 bits per heavy atom. The number of ether oxygens (including phenoxy) is 6. The maximum absolute atomic E-state index is 12.1. The Bertz CT molecular complexity index is 952. The lowest BCUT2D eigenvalue weighted by molar-refractivity contribution is -0.152. The number of carboxylic acids is 1. The number of aliphatic hydroxyl groups excluding tert-OH is 2. The van der Waals surface area contributed by atoms with Crippen molar-refractivity contribution in [3.63, 3.8) is 0 Å². The zero-order valence-electron chi connectivity index (χ0n) is 20.6. The number of aromatic carboxylic acids is 1. The van der Waals surface area contributed by atoms with Gasteiger partial charge in [-0.3, -0.25) is 0 Å². The lowest BCUT2D eigenvalue weighted by Crippen LogP contribution is -2.34. The van der Waals surface area contributed by atoms with Gasteiger partial charge in [0.05, 0.1) is 12.2 Å². The van der Waals surface area contributed by atoms with Gasteiger partial charge in [0.2, 0.25) is 6.79 Å². The first-order chi connectivity index (χ1) is 16.5. The van der Waals surface area contributed by atoms with E-state index in [1.807, 2.05) is 6.92 Å². The molecule has 0 saturated carbocycles. The Morgan fingerprint density at radius 2 is 1.97 bits per heavy atom. The van der Waals surface area contributed by atoms with Crippen LogP contribution in [0.15, 0.2) is 24.3 Å². The summed E-state index contributed by atoms with van der Waals surface area (Å²) in [4.78, 5) is 12.1. The maximum Gasteiger partial charge on any atom is 0.340 e. The van der Waals surface area contributed by atoms with E-state index in [9.17, 15) is 20.1 Å². The predicted octanol–water partition coefficient (Wildman–Crippen LogP) is 2.95. The van der Waals surface area contributed by atoms with Gasteiger partial charge < -0.3 is 43.7 Å². The van der Waals surface area contributed by atoms with Gasteiger partial charge in [-0.1, -0.05) is 31.2 Å². The molecule has 2 aliphatic heterocycles. The number of hydrogen-bond acceptors (Lipinski definition) is 9. The zero-order valence-corrected chi connectivity index (χ0v) is 20.6. The first-order valence-corrected chi connectivity index (χ1v) is 11.4. The predicted molar refractivity (Wildman–Crippen MR) is 125 cm³/mol. The minimum absolute atomic E-state index is 0.0395. The van der Waals surface area contributed by atoms with Crippen molar-refractivity contribution in [1.29, 1.82) is 0 Å². The molecule has 0 amide bonds. The molecule has 1 aromatic carbocycles. The molecule has 35 heavy (non-hydrogen) atoms. The summed E-state index contributed by atoms with van der Waals surface area (Å²) < 4.78 is 33.2. The third-order valence-electron chi connectivity index (χ3n) is 5.79. The molecule has 0 spiro atoms. The van der Waals surface area contributed by atoms with Crippen molar-refractivity contribution in [3.05, 3.63) is 35.4 Å². The highest BCUT2D eigenvalue weighted by molar-refractivity contribution is 5.97. The van der Waals surface area contributed by atoms with Crippen molar-refractivity contribution < 1.29 is 48.5 Å². The largest absolute Gasteiger partial charge is 0.478 e. The highest BCUT2D eigenvalue weighted by Gasteiger charge is 2.43. The third kappa shape index (κ3) is 6.53. The number of methoxy groups -OCH3 is 1. The molecule has 2 aliphatic rings. The molecule has 1 fully saturated rings. The smallest absolute Gasteiger partial charge is 0.340 e. The number of hydrogen-bond donors (Lipinski definition) is 3. The second kappa shape index (κ2) is 11.4. The summed E-state index contributed by atoms with van der Waals surface area (Å²) in [6.45, 7) is 6.87. The zero-order chi connectivity index (χ0) is 25.8. The molecule has 1 aromatic rings. The van der Waals surface area contributed by atoms with E-state index in [0.717, 1.165) is 0 Å². The van der Waals surface area contributed by atoms with Crippen LogP contribution in [0.5, 0.6) is 17.2 Å². The lowest BCUT2D eigenvalue weighted by Gasteiger charge is -2.20. The van der Waals surface area contributed by atoms with E-state index in [1.165, 1.54) is 13.2 Å². The summed E-state index contributed by atoms with van der Waals surface area (Å²) in [5.74, 6) is -1.47. The Labute approximate surface area is 204 Å². The summed E-state index contributed by atoms with van der Waals surface area (Å²) in [6.07, 6.45) is 4.33. The molecule has 0 radical (unpaired) electrons. The van der Waals surface area contributed by atoms with Crippen LogP contribution in [0, 0.1) is 5.92 Å². The van der Waals surface area contributed by atoms with E-state index in [1.54, 1.807) is 45.1 Å². The Morgan fingerprint density at radius 1 is 1.23 bits per heavy atom. The van der Waals surface area contributed by atoms with Crippen LogP contribution in [0.1, 0.15) is 50.0 Å². The molecule has 194 valence electrons. The molecule has 10 nitrogen and oxygen atoms in total. The van der Waals surface area contributed by atoms with Gasteiger partial charge in [0.15, 0.2) is 24.1 Å². The summed E-state index contributed by atoms with van der Waals surface area (Å²) in [6, 6.07) is 1.46. The van der Waals surface area contributed by atoms with Crippen LogP contribution in [0.4, 0.5) is 0 Å². The van der Waals surface area contributed by atoms with E-state index in [4.69, 9.17) is 28.4 Å². The van der Waals surface area contributed by atoms with E-state index in [2.05, 4.69) is 0 Å². The molecule has 0 aromatic heterocycles. The Balaban J connectivity index is 1.84. The van der Waals surface area contributed by atoms with Crippen LogP contribution >= 0.6 is 0 Å². The minimum atomic E-state index is -1.19. The quantitative estimate of drug-likeness (QED) is 0.311. The second-order valence-corrected chi connectivity index (χ2v) is 9.01. The van der Waals surface area contributed by atoms with Gasteiger partial charge in [-0.05, 0) is 33.1 Å². The number of carboxylic acid groups (broad SMARTS) is 1. The monoisotopic (exact) mass is 494 g/mol. The molecule has 1 saturated heterocycles. The van der Waals surface area contributed by atoms with Crippen LogP contribution < -0.4 is 14.2 Å². The first kappa shape index (κ1) is 27.0. The molecule has 3 N–H and O–H groups in total. The Hall–Kier alpha value is -2.63. The molecule has 0 bridgehead atoms. The molecular weight excluding hydrogens is 460 g/mol. The summed E-state index contributed by atoms with van der Waals surface area (Å²) in [5.41, 5.74) is 0.206. The summed E-state index contributed by atoms with van der Waals surface area (Å²) in [5, 5.41) is 30.3. The Kier molecular flexibility index (Phi) is 8.79. The van der Waals surface area contributed by atoms with Gasteiger partial charge in [-0.25, -0.2) is 4.79 Å². The second-order valence-electron chi connectivity index (χ2n) is 9.01. The van der Waals surface area contributed by atoms with Crippen LogP contribution in [-0.4, -0.2) is 72.2 Å². The normalized spacial score (nSPS) is 23.6. The van der Waals surface area contributed by atoms with E-state index in [0.29, 0.717) is 23.5 Å².